The van der Waals surface area contributed by atoms with E-state index in [2.05, 4.69) is 19.2 Å². The number of aryl methyl sites for hydroxylation is 1. The van der Waals surface area contributed by atoms with Gasteiger partial charge in [0, 0.05) is 12.6 Å². The van der Waals surface area contributed by atoms with Crippen LogP contribution in [0.1, 0.15) is 37.8 Å². The molecule has 0 aliphatic carbocycles. The van der Waals surface area contributed by atoms with Crippen molar-refractivity contribution in [3.05, 3.63) is 53.6 Å². The second-order valence-corrected chi connectivity index (χ2v) is 6.52. The molecule has 0 radical (unpaired) electrons. The minimum atomic E-state index is -0.248. The van der Waals surface area contributed by atoms with Gasteiger partial charge in [-0.05, 0) is 36.1 Å². The molecule has 0 atom stereocenters. The Hall–Kier alpha value is -2.82. The Balaban J connectivity index is 2.26. The Labute approximate surface area is 155 Å². The number of nitrogens with one attached hydrogen (secondary N) is 1. The van der Waals surface area contributed by atoms with Crippen molar-refractivity contribution in [2.75, 3.05) is 23.9 Å². The highest BCUT2D eigenvalue weighted by atomic mass is 16.5. The van der Waals surface area contributed by atoms with Crippen LogP contribution in [0.2, 0.25) is 0 Å². The minimum absolute atomic E-state index is 0.0818. The van der Waals surface area contributed by atoms with E-state index in [4.69, 9.17) is 4.74 Å². The summed E-state index contributed by atoms with van der Waals surface area (Å²) in [6.07, 6.45) is 0. The van der Waals surface area contributed by atoms with E-state index in [-0.39, 0.29) is 24.3 Å². The molecule has 0 fully saturated rings. The summed E-state index contributed by atoms with van der Waals surface area (Å²) in [6, 6.07) is 13.1. The summed E-state index contributed by atoms with van der Waals surface area (Å²) >= 11 is 0. The number of para-hydroxylation sites is 3. The van der Waals surface area contributed by atoms with E-state index < -0.39 is 0 Å². The molecule has 0 heterocycles. The third-order valence-corrected chi connectivity index (χ3v) is 4.25. The van der Waals surface area contributed by atoms with Gasteiger partial charge in [0.1, 0.15) is 12.3 Å². The largest absolute Gasteiger partial charge is 0.495 e. The Morgan fingerprint density at radius 1 is 1.12 bits per heavy atom. The SMILES string of the molecule is COc1ccccc1N(CC(=O)Nc1c(C)cccc1C(C)C)C(C)=O. The molecular formula is C21H26N2O3. The zero-order chi connectivity index (χ0) is 19.3. The van der Waals surface area contributed by atoms with Crippen LogP contribution < -0.4 is 15.0 Å². The molecule has 0 bridgehead atoms. The first kappa shape index (κ1) is 19.5. The van der Waals surface area contributed by atoms with Crippen LogP contribution in [0, 0.1) is 6.92 Å². The minimum Gasteiger partial charge on any atom is -0.495 e. The van der Waals surface area contributed by atoms with E-state index in [1.54, 1.807) is 19.2 Å². The van der Waals surface area contributed by atoms with Gasteiger partial charge >= 0.3 is 0 Å². The fourth-order valence-electron chi connectivity index (χ4n) is 2.88. The molecule has 2 amide bonds. The van der Waals surface area contributed by atoms with Gasteiger partial charge in [0.15, 0.2) is 0 Å². The molecule has 2 aromatic carbocycles. The van der Waals surface area contributed by atoms with E-state index in [1.807, 2.05) is 37.3 Å². The molecule has 138 valence electrons. The number of hydrogen-bond acceptors (Lipinski definition) is 3. The smallest absolute Gasteiger partial charge is 0.244 e. The molecule has 0 aromatic heterocycles. The lowest BCUT2D eigenvalue weighted by Crippen LogP contribution is -2.37. The van der Waals surface area contributed by atoms with Crippen LogP contribution in [0.3, 0.4) is 0 Å². The third-order valence-electron chi connectivity index (χ3n) is 4.25. The maximum atomic E-state index is 12.7. The van der Waals surface area contributed by atoms with Gasteiger partial charge in [-0.15, -0.1) is 0 Å². The Morgan fingerprint density at radius 2 is 1.81 bits per heavy atom. The van der Waals surface area contributed by atoms with Crippen LogP contribution in [0.25, 0.3) is 0 Å². The number of methoxy groups -OCH3 is 1. The quantitative estimate of drug-likeness (QED) is 0.849. The van der Waals surface area contributed by atoms with Crippen LogP contribution >= 0.6 is 0 Å². The summed E-state index contributed by atoms with van der Waals surface area (Å²) in [5.74, 6) is 0.360. The van der Waals surface area contributed by atoms with Gasteiger partial charge in [0.2, 0.25) is 11.8 Å². The predicted octanol–water partition coefficient (Wildman–Crippen LogP) is 4.12. The third kappa shape index (κ3) is 4.42. The van der Waals surface area contributed by atoms with Gasteiger partial charge in [0.25, 0.3) is 0 Å². The Morgan fingerprint density at radius 3 is 2.42 bits per heavy atom. The van der Waals surface area contributed by atoms with Crippen LogP contribution in [-0.4, -0.2) is 25.5 Å². The first-order valence-corrected chi connectivity index (χ1v) is 8.65. The van der Waals surface area contributed by atoms with E-state index in [0.717, 1.165) is 16.8 Å². The van der Waals surface area contributed by atoms with Crippen molar-refractivity contribution in [3.63, 3.8) is 0 Å². The van der Waals surface area contributed by atoms with Crippen LogP contribution in [-0.2, 0) is 9.59 Å². The second-order valence-electron chi connectivity index (χ2n) is 6.52. The molecule has 2 aromatic rings. The topological polar surface area (TPSA) is 58.6 Å². The molecule has 0 saturated heterocycles. The highest BCUT2D eigenvalue weighted by Gasteiger charge is 2.20. The van der Waals surface area contributed by atoms with Crippen LogP contribution in [0.15, 0.2) is 42.5 Å². The fraction of sp³-hybridized carbons (Fsp3) is 0.333. The van der Waals surface area contributed by atoms with Crippen LogP contribution in [0.4, 0.5) is 11.4 Å². The van der Waals surface area contributed by atoms with E-state index in [0.29, 0.717) is 11.4 Å². The molecular weight excluding hydrogens is 328 g/mol. The Kier molecular flexibility index (Phi) is 6.39. The van der Waals surface area contributed by atoms with Gasteiger partial charge in [-0.1, -0.05) is 44.2 Å². The normalized spacial score (nSPS) is 10.5. The van der Waals surface area contributed by atoms with Crippen molar-refractivity contribution in [1.29, 1.82) is 0 Å². The number of nitrogens with zero attached hydrogens (tertiary/aromatic N) is 1. The number of benzene rings is 2. The van der Waals surface area contributed by atoms with Gasteiger partial charge in [-0.25, -0.2) is 0 Å². The molecule has 0 saturated carbocycles. The predicted molar refractivity (Wildman–Crippen MR) is 105 cm³/mol. The Bertz CT molecular complexity index is 800. The maximum Gasteiger partial charge on any atom is 0.244 e. The number of carbonyl (C=O) groups excluding carboxylic acids is 2. The molecule has 2 rings (SSSR count). The molecule has 0 unspecified atom stereocenters. The highest BCUT2D eigenvalue weighted by Crippen LogP contribution is 2.29. The number of hydrogen-bond donors (Lipinski definition) is 1. The van der Waals surface area contributed by atoms with E-state index in [9.17, 15) is 9.59 Å². The molecule has 0 aliphatic rings. The standard InChI is InChI=1S/C21H26N2O3/c1-14(2)17-10-8-9-15(3)21(17)22-20(25)13-23(16(4)24)18-11-6-7-12-19(18)26-5/h6-12,14H,13H2,1-5H3,(H,22,25). The lowest BCUT2D eigenvalue weighted by molar-refractivity contribution is -0.120. The number of anilines is 2. The lowest BCUT2D eigenvalue weighted by atomic mass is 9.98. The second kappa shape index (κ2) is 8.52. The van der Waals surface area contributed by atoms with Crippen molar-refractivity contribution < 1.29 is 14.3 Å². The first-order valence-electron chi connectivity index (χ1n) is 8.65. The number of amides is 2. The van der Waals surface area contributed by atoms with Gasteiger partial charge in [-0.3, -0.25) is 14.5 Å². The number of rotatable bonds is 6. The van der Waals surface area contributed by atoms with Crippen molar-refractivity contribution >= 4 is 23.2 Å². The molecule has 1 N–H and O–H groups in total. The van der Waals surface area contributed by atoms with Gasteiger partial charge < -0.3 is 10.1 Å². The lowest BCUT2D eigenvalue weighted by Gasteiger charge is -2.23. The van der Waals surface area contributed by atoms with Crippen LogP contribution in [0.5, 0.6) is 5.75 Å². The van der Waals surface area contributed by atoms with Crippen molar-refractivity contribution in [1.82, 2.24) is 0 Å². The van der Waals surface area contributed by atoms with Gasteiger partial charge in [0.05, 0.1) is 12.8 Å². The molecule has 0 aliphatic heterocycles. The van der Waals surface area contributed by atoms with Crippen molar-refractivity contribution in [2.45, 2.75) is 33.6 Å². The molecule has 5 heteroatoms. The van der Waals surface area contributed by atoms with E-state index >= 15 is 0 Å². The summed E-state index contributed by atoms with van der Waals surface area (Å²) in [5.41, 5.74) is 3.46. The number of ether oxygens (including phenoxy) is 1. The molecule has 26 heavy (non-hydrogen) atoms. The number of carbonyl (C=O) groups is 2. The average molecular weight is 354 g/mol. The summed E-state index contributed by atoms with van der Waals surface area (Å²) in [4.78, 5) is 26.2. The highest BCUT2D eigenvalue weighted by molar-refractivity contribution is 6.03. The van der Waals surface area contributed by atoms with Crippen molar-refractivity contribution in [3.8, 4) is 5.75 Å². The van der Waals surface area contributed by atoms with E-state index in [1.165, 1.54) is 11.8 Å². The monoisotopic (exact) mass is 354 g/mol. The van der Waals surface area contributed by atoms with Crippen molar-refractivity contribution in [2.24, 2.45) is 0 Å². The fourth-order valence-corrected chi connectivity index (χ4v) is 2.88. The maximum absolute atomic E-state index is 12.7. The summed E-state index contributed by atoms with van der Waals surface area (Å²) < 4.78 is 5.32. The molecule has 0 spiro atoms. The zero-order valence-corrected chi connectivity index (χ0v) is 16.0. The summed E-state index contributed by atoms with van der Waals surface area (Å²) in [6.45, 7) is 7.49. The molecule has 5 nitrogen and oxygen atoms in total. The zero-order valence-electron chi connectivity index (χ0n) is 16.0. The average Bonchev–Trinajstić information content (AvgIpc) is 2.61. The summed E-state index contributed by atoms with van der Waals surface area (Å²) in [5, 5.41) is 2.98. The summed E-state index contributed by atoms with van der Waals surface area (Å²) in [7, 11) is 1.54. The first-order chi connectivity index (χ1) is 12.3. The van der Waals surface area contributed by atoms with Gasteiger partial charge in [-0.2, -0.15) is 0 Å².